The van der Waals surface area contributed by atoms with Crippen LogP contribution in [0.1, 0.15) is 48.0 Å². The number of carboxylic acid groups (broad SMARTS) is 1. The third-order valence-corrected chi connectivity index (χ3v) is 2.85. The fraction of sp³-hybridized carbons (Fsp3) is 0.846. The van der Waals surface area contributed by atoms with Gasteiger partial charge in [-0.2, -0.15) is 0 Å². The molecule has 0 saturated heterocycles. The van der Waals surface area contributed by atoms with Crippen LogP contribution in [0.5, 0.6) is 0 Å². The van der Waals surface area contributed by atoms with Crippen molar-refractivity contribution in [3.05, 3.63) is 0 Å². The number of nitrogens with zero attached hydrogens (tertiary/aromatic N) is 1. The van der Waals surface area contributed by atoms with Crippen LogP contribution >= 0.6 is 0 Å². The summed E-state index contributed by atoms with van der Waals surface area (Å²) in [6.07, 6.45) is 0.806. The number of hydrogen-bond donors (Lipinski definition) is 2. The SMILES string of the molecule is CCC(C)N(CC(=O)O)C(C)C(=O)NC(C)(C)C. The van der Waals surface area contributed by atoms with Crippen LogP contribution in [-0.4, -0.2) is 46.1 Å². The summed E-state index contributed by atoms with van der Waals surface area (Å²) in [7, 11) is 0. The molecular weight excluding hydrogens is 232 g/mol. The first-order chi connectivity index (χ1) is 8.08. The Bertz CT molecular complexity index is 297. The van der Waals surface area contributed by atoms with Crippen molar-refractivity contribution in [2.24, 2.45) is 0 Å². The van der Waals surface area contributed by atoms with Crippen molar-refractivity contribution in [3.8, 4) is 0 Å². The van der Waals surface area contributed by atoms with Gasteiger partial charge in [-0.25, -0.2) is 0 Å². The van der Waals surface area contributed by atoms with Crippen molar-refractivity contribution < 1.29 is 14.7 Å². The lowest BCUT2D eigenvalue weighted by Gasteiger charge is -2.33. The van der Waals surface area contributed by atoms with E-state index in [1.54, 1.807) is 11.8 Å². The van der Waals surface area contributed by atoms with E-state index in [0.717, 1.165) is 6.42 Å². The van der Waals surface area contributed by atoms with Crippen LogP contribution in [0.15, 0.2) is 0 Å². The van der Waals surface area contributed by atoms with Crippen molar-refractivity contribution in [1.82, 2.24) is 10.2 Å². The smallest absolute Gasteiger partial charge is 0.317 e. The second kappa shape index (κ2) is 6.73. The van der Waals surface area contributed by atoms with Gasteiger partial charge in [0.15, 0.2) is 0 Å². The number of hydrogen-bond acceptors (Lipinski definition) is 3. The lowest BCUT2D eigenvalue weighted by Crippen LogP contribution is -2.54. The third kappa shape index (κ3) is 6.00. The van der Waals surface area contributed by atoms with Gasteiger partial charge in [0.2, 0.25) is 5.91 Å². The highest BCUT2D eigenvalue weighted by Crippen LogP contribution is 2.10. The molecule has 0 rings (SSSR count). The van der Waals surface area contributed by atoms with Crippen molar-refractivity contribution in [2.75, 3.05) is 6.54 Å². The van der Waals surface area contributed by atoms with Crippen LogP contribution < -0.4 is 5.32 Å². The van der Waals surface area contributed by atoms with E-state index in [1.807, 2.05) is 34.6 Å². The number of aliphatic carboxylic acids is 1. The summed E-state index contributed by atoms with van der Waals surface area (Å²) in [4.78, 5) is 24.6. The maximum atomic E-state index is 12.1. The predicted octanol–water partition coefficient (Wildman–Crippen LogP) is 1.47. The number of nitrogens with one attached hydrogen (secondary N) is 1. The molecule has 1 amide bonds. The minimum atomic E-state index is -0.911. The van der Waals surface area contributed by atoms with E-state index in [2.05, 4.69) is 5.32 Å². The average Bonchev–Trinajstić information content (AvgIpc) is 2.21. The Labute approximate surface area is 110 Å². The van der Waals surface area contributed by atoms with Gasteiger partial charge in [0.25, 0.3) is 0 Å². The van der Waals surface area contributed by atoms with E-state index in [0.29, 0.717) is 0 Å². The van der Waals surface area contributed by atoms with E-state index in [4.69, 9.17) is 5.11 Å². The molecule has 0 aliphatic carbocycles. The van der Waals surface area contributed by atoms with Gasteiger partial charge in [-0.05, 0) is 41.0 Å². The number of rotatable bonds is 6. The van der Waals surface area contributed by atoms with Gasteiger partial charge in [-0.1, -0.05) is 6.92 Å². The third-order valence-electron chi connectivity index (χ3n) is 2.85. The molecule has 0 aromatic rings. The Morgan fingerprint density at radius 2 is 1.78 bits per heavy atom. The zero-order valence-corrected chi connectivity index (χ0v) is 12.3. The molecule has 0 aliphatic heterocycles. The largest absolute Gasteiger partial charge is 0.480 e. The molecule has 0 bridgehead atoms. The van der Waals surface area contributed by atoms with Crippen molar-refractivity contribution in [1.29, 1.82) is 0 Å². The molecule has 0 radical (unpaired) electrons. The van der Waals surface area contributed by atoms with E-state index >= 15 is 0 Å². The summed E-state index contributed by atoms with van der Waals surface area (Å²) in [6.45, 7) is 11.3. The van der Waals surface area contributed by atoms with Crippen molar-refractivity contribution >= 4 is 11.9 Å². The Hall–Kier alpha value is -1.10. The summed E-state index contributed by atoms with van der Waals surface area (Å²) in [6, 6.07) is -0.392. The fourth-order valence-electron chi connectivity index (χ4n) is 1.69. The molecule has 5 heteroatoms. The Balaban J connectivity index is 4.78. The van der Waals surface area contributed by atoms with Gasteiger partial charge < -0.3 is 10.4 Å². The summed E-state index contributed by atoms with van der Waals surface area (Å²) in [5.41, 5.74) is -0.310. The molecule has 106 valence electrons. The van der Waals surface area contributed by atoms with Crippen LogP contribution in [0.3, 0.4) is 0 Å². The average molecular weight is 258 g/mol. The normalized spacial score (nSPS) is 15.3. The van der Waals surface area contributed by atoms with Crippen LogP contribution in [0.25, 0.3) is 0 Å². The lowest BCUT2D eigenvalue weighted by molar-refractivity contribution is -0.141. The highest BCUT2D eigenvalue weighted by Gasteiger charge is 2.28. The first-order valence-corrected chi connectivity index (χ1v) is 6.38. The molecule has 0 saturated carbocycles. The van der Waals surface area contributed by atoms with E-state index in [9.17, 15) is 9.59 Å². The Morgan fingerprint density at radius 3 is 2.11 bits per heavy atom. The molecular formula is C13H26N2O3. The van der Waals surface area contributed by atoms with Gasteiger partial charge in [0.1, 0.15) is 0 Å². The van der Waals surface area contributed by atoms with Gasteiger partial charge in [0.05, 0.1) is 12.6 Å². The molecule has 0 fully saturated rings. The van der Waals surface area contributed by atoms with Crippen LogP contribution in [0.2, 0.25) is 0 Å². The standard InChI is InChI=1S/C13H26N2O3/c1-7-9(2)15(8-11(16)17)10(3)12(18)14-13(4,5)6/h9-10H,7-8H2,1-6H3,(H,14,18)(H,16,17). The van der Waals surface area contributed by atoms with Crippen molar-refractivity contribution in [3.63, 3.8) is 0 Å². The van der Waals surface area contributed by atoms with Gasteiger partial charge in [-0.3, -0.25) is 14.5 Å². The van der Waals surface area contributed by atoms with Gasteiger partial charge in [-0.15, -0.1) is 0 Å². The zero-order chi connectivity index (χ0) is 14.5. The number of carbonyl (C=O) groups excluding carboxylic acids is 1. The molecule has 0 aliphatic rings. The Kier molecular flexibility index (Phi) is 6.32. The molecule has 0 heterocycles. The molecule has 5 nitrogen and oxygen atoms in total. The summed E-state index contributed by atoms with van der Waals surface area (Å²) >= 11 is 0. The van der Waals surface area contributed by atoms with E-state index in [-0.39, 0.29) is 24.0 Å². The second-order valence-electron chi connectivity index (χ2n) is 5.74. The summed E-state index contributed by atoms with van der Waals surface area (Å²) in [5, 5.41) is 11.8. The number of carboxylic acids is 1. The van der Waals surface area contributed by atoms with E-state index in [1.165, 1.54) is 0 Å². The van der Waals surface area contributed by atoms with Crippen LogP contribution in [-0.2, 0) is 9.59 Å². The van der Waals surface area contributed by atoms with Crippen molar-refractivity contribution in [2.45, 2.75) is 65.6 Å². The van der Waals surface area contributed by atoms with Crippen LogP contribution in [0.4, 0.5) is 0 Å². The summed E-state index contributed by atoms with van der Waals surface area (Å²) in [5.74, 6) is -1.05. The molecule has 0 aromatic carbocycles. The summed E-state index contributed by atoms with van der Waals surface area (Å²) < 4.78 is 0. The first-order valence-electron chi connectivity index (χ1n) is 6.38. The minimum absolute atomic E-state index is 0.0572. The monoisotopic (exact) mass is 258 g/mol. The molecule has 2 N–H and O–H groups in total. The van der Waals surface area contributed by atoms with E-state index < -0.39 is 12.0 Å². The Morgan fingerprint density at radius 1 is 1.28 bits per heavy atom. The quantitative estimate of drug-likeness (QED) is 0.757. The minimum Gasteiger partial charge on any atom is -0.480 e. The van der Waals surface area contributed by atoms with Crippen LogP contribution in [0, 0.1) is 0 Å². The topological polar surface area (TPSA) is 69.6 Å². The molecule has 0 spiro atoms. The lowest BCUT2D eigenvalue weighted by atomic mass is 10.1. The van der Waals surface area contributed by atoms with Gasteiger partial charge >= 0.3 is 5.97 Å². The molecule has 0 aromatic heterocycles. The predicted molar refractivity (Wildman–Crippen MR) is 71.5 cm³/mol. The first kappa shape index (κ1) is 16.9. The molecule has 2 atom stereocenters. The molecule has 2 unspecified atom stereocenters. The maximum Gasteiger partial charge on any atom is 0.317 e. The number of amides is 1. The zero-order valence-electron chi connectivity index (χ0n) is 12.3. The number of carbonyl (C=O) groups is 2. The fourth-order valence-corrected chi connectivity index (χ4v) is 1.69. The highest BCUT2D eigenvalue weighted by atomic mass is 16.4. The van der Waals surface area contributed by atoms with Gasteiger partial charge in [0, 0.05) is 11.6 Å². The second-order valence-corrected chi connectivity index (χ2v) is 5.74. The highest BCUT2D eigenvalue weighted by molar-refractivity contribution is 5.82. The maximum absolute atomic E-state index is 12.1. The molecule has 18 heavy (non-hydrogen) atoms.